The lowest BCUT2D eigenvalue weighted by Crippen LogP contribution is -2.18. The summed E-state index contributed by atoms with van der Waals surface area (Å²) < 4.78 is 1.58. The summed E-state index contributed by atoms with van der Waals surface area (Å²) in [5.41, 5.74) is 1.28. The van der Waals surface area contributed by atoms with Gasteiger partial charge in [-0.25, -0.2) is 9.89 Å². The van der Waals surface area contributed by atoms with E-state index < -0.39 is 5.25 Å². The van der Waals surface area contributed by atoms with Gasteiger partial charge >= 0.3 is 5.69 Å². The van der Waals surface area contributed by atoms with Crippen LogP contribution in [0.4, 0.5) is 0 Å². The molecule has 1 N–H and O–H groups in total. The molecular weight excluding hydrogens is 334 g/mol. The molecule has 6 heteroatoms. The van der Waals surface area contributed by atoms with Crippen LogP contribution in [0.3, 0.4) is 0 Å². The zero-order valence-corrected chi connectivity index (χ0v) is 14.7. The second-order valence-corrected chi connectivity index (χ2v) is 6.67. The number of Topliss-reactive ketones (excluding diaryl/α,β-unsaturated/α-hetero) is 1. The Morgan fingerprint density at radius 2 is 1.76 bits per heavy atom. The van der Waals surface area contributed by atoms with Crippen LogP contribution in [0, 0.1) is 0 Å². The molecule has 25 heavy (non-hydrogen) atoms. The number of H-pyrrole nitrogens is 1. The molecule has 0 aliphatic carbocycles. The van der Waals surface area contributed by atoms with Gasteiger partial charge in [-0.3, -0.25) is 9.36 Å². The first-order chi connectivity index (χ1) is 12.2. The van der Waals surface area contributed by atoms with Crippen molar-refractivity contribution in [2.75, 3.05) is 0 Å². The van der Waals surface area contributed by atoms with E-state index in [-0.39, 0.29) is 11.5 Å². The summed E-state index contributed by atoms with van der Waals surface area (Å²) >= 11 is 1.30. The molecular formula is C19H19N3O2S. The van der Waals surface area contributed by atoms with Gasteiger partial charge in [-0.2, -0.15) is 0 Å². The highest BCUT2D eigenvalue weighted by Crippen LogP contribution is 2.36. The molecule has 0 radical (unpaired) electrons. The fraction of sp³-hybridized carbons (Fsp3) is 0.211. The van der Waals surface area contributed by atoms with Crippen molar-refractivity contribution in [2.45, 2.75) is 30.3 Å². The van der Waals surface area contributed by atoms with Crippen LogP contribution < -0.4 is 5.69 Å². The molecule has 0 saturated heterocycles. The van der Waals surface area contributed by atoms with Gasteiger partial charge in [0.1, 0.15) is 5.25 Å². The van der Waals surface area contributed by atoms with Crippen LogP contribution in [-0.4, -0.2) is 20.5 Å². The average Bonchev–Trinajstić information content (AvgIpc) is 3.01. The minimum absolute atomic E-state index is 0.00435. The Balaban J connectivity index is 1.98. The van der Waals surface area contributed by atoms with E-state index in [1.165, 1.54) is 11.8 Å². The Morgan fingerprint density at radius 3 is 2.40 bits per heavy atom. The normalized spacial score (nSPS) is 12.0. The highest BCUT2D eigenvalue weighted by molar-refractivity contribution is 8.00. The fourth-order valence-electron chi connectivity index (χ4n) is 2.57. The SMILES string of the molecule is CCCn1c(S[C@H](C(=O)c2ccccc2)c2ccccc2)n[nH]c1=O. The Labute approximate surface area is 150 Å². The quantitative estimate of drug-likeness (QED) is 0.519. The molecule has 3 rings (SSSR count). The van der Waals surface area contributed by atoms with Crippen molar-refractivity contribution in [3.63, 3.8) is 0 Å². The van der Waals surface area contributed by atoms with Crippen LogP contribution in [0.2, 0.25) is 0 Å². The van der Waals surface area contributed by atoms with E-state index in [1.54, 1.807) is 4.57 Å². The number of rotatable bonds is 7. The lowest BCUT2D eigenvalue weighted by atomic mass is 10.0. The number of hydrogen-bond acceptors (Lipinski definition) is 4. The maximum absolute atomic E-state index is 13.1. The molecule has 0 amide bonds. The van der Waals surface area contributed by atoms with Gasteiger partial charge in [0.2, 0.25) is 0 Å². The lowest BCUT2D eigenvalue weighted by Gasteiger charge is -2.16. The Hall–Kier alpha value is -2.60. The molecule has 0 unspecified atom stereocenters. The molecule has 0 aliphatic heterocycles. The van der Waals surface area contributed by atoms with Crippen LogP contribution in [0.25, 0.3) is 0 Å². The van der Waals surface area contributed by atoms with Gasteiger partial charge in [0.15, 0.2) is 10.9 Å². The van der Waals surface area contributed by atoms with Gasteiger partial charge in [-0.1, -0.05) is 79.3 Å². The summed E-state index contributed by atoms with van der Waals surface area (Å²) in [5, 5.41) is 6.66. The number of benzene rings is 2. The molecule has 0 saturated carbocycles. The van der Waals surface area contributed by atoms with E-state index in [0.29, 0.717) is 17.3 Å². The third-order valence-electron chi connectivity index (χ3n) is 3.79. The maximum Gasteiger partial charge on any atom is 0.343 e. The van der Waals surface area contributed by atoms with Crippen molar-refractivity contribution < 1.29 is 4.79 Å². The topological polar surface area (TPSA) is 67.8 Å². The predicted octanol–water partition coefficient (Wildman–Crippen LogP) is 3.70. The molecule has 1 aromatic heterocycles. The third-order valence-corrected chi connectivity index (χ3v) is 5.04. The fourth-order valence-corrected chi connectivity index (χ4v) is 3.72. The molecule has 2 aromatic carbocycles. The molecule has 0 fully saturated rings. The van der Waals surface area contributed by atoms with Crippen molar-refractivity contribution >= 4 is 17.5 Å². The van der Waals surface area contributed by atoms with Crippen molar-refractivity contribution in [3.05, 3.63) is 82.3 Å². The Kier molecular flexibility index (Phi) is 5.50. The third kappa shape index (κ3) is 3.91. The summed E-state index contributed by atoms with van der Waals surface area (Å²) in [6.07, 6.45) is 0.815. The summed E-state index contributed by atoms with van der Waals surface area (Å²) in [6.45, 7) is 2.57. The number of carbonyl (C=O) groups excluding carboxylic acids is 1. The number of carbonyl (C=O) groups is 1. The zero-order chi connectivity index (χ0) is 17.6. The number of thioether (sulfide) groups is 1. The van der Waals surface area contributed by atoms with Gasteiger partial charge in [0, 0.05) is 12.1 Å². The summed E-state index contributed by atoms with van der Waals surface area (Å²) in [6, 6.07) is 18.8. The number of nitrogens with one attached hydrogen (secondary N) is 1. The minimum atomic E-state index is -0.464. The Morgan fingerprint density at radius 1 is 1.12 bits per heavy atom. The molecule has 0 bridgehead atoms. The second kappa shape index (κ2) is 7.98. The summed E-state index contributed by atoms with van der Waals surface area (Å²) in [7, 11) is 0. The maximum atomic E-state index is 13.1. The number of hydrogen-bond donors (Lipinski definition) is 1. The van der Waals surface area contributed by atoms with E-state index >= 15 is 0 Å². The van der Waals surface area contributed by atoms with E-state index in [0.717, 1.165) is 12.0 Å². The van der Waals surface area contributed by atoms with Gasteiger partial charge < -0.3 is 0 Å². The summed E-state index contributed by atoms with van der Waals surface area (Å²) in [4.78, 5) is 25.0. The van der Waals surface area contributed by atoms with Crippen LogP contribution in [-0.2, 0) is 6.54 Å². The zero-order valence-electron chi connectivity index (χ0n) is 13.9. The molecule has 5 nitrogen and oxygen atoms in total. The number of aromatic nitrogens is 3. The van der Waals surface area contributed by atoms with Crippen LogP contribution in [0.1, 0.15) is 34.5 Å². The standard InChI is InChI=1S/C19H19N3O2S/c1-2-13-22-18(24)20-21-19(22)25-17(15-11-7-4-8-12-15)16(23)14-9-5-3-6-10-14/h3-12,17H,2,13H2,1H3,(H,20,24)/t17-/m0/s1. The van der Waals surface area contributed by atoms with Gasteiger partial charge in [0.05, 0.1) is 0 Å². The van der Waals surface area contributed by atoms with Crippen LogP contribution >= 0.6 is 11.8 Å². The highest BCUT2D eigenvalue weighted by atomic mass is 32.2. The lowest BCUT2D eigenvalue weighted by molar-refractivity contribution is 0.0989. The van der Waals surface area contributed by atoms with Gasteiger partial charge in [-0.05, 0) is 12.0 Å². The number of nitrogens with zero attached hydrogens (tertiary/aromatic N) is 2. The molecule has 0 aliphatic rings. The monoisotopic (exact) mass is 353 g/mol. The molecule has 1 heterocycles. The van der Waals surface area contributed by atoms with Crippen molar-refractivity contribution in [1.29, 1.82) is 0 Å². The molecule has 3 aromatic rings. The van der Waals surface area contributed by atoms with Crippen LogP contribution in [0.5, 0.6) is 0 Å². The van der Waals surface area contributed by atoms with Gasteiger partial charge in [0.25, 0.3) is 0 Å². The molecule has 128 valence electrons. The first-order valence-corrected chi connectivity index (χ1v) is 9.04. The average molecular weight is 353 g/mol. The van der Waals surface area contributed by atoms with Crippen molar-refractivity contribution in [1.82, 2.24) is 14.8 Å². The predicted molar refractivity (Wildman–Crippen MR) is 99.0 cm³/mol. The first-order valence-electron chi connectivity index (χ1n) is 8.16. The smallest absolute Gasteiger partial charge is 0.293 e. The largest absolute Gasteiger partial charge is 0.343 e. The highest BCUT2D eigenvalue weighted by Gasteiger charge is 2.25. The van der Waals surface area contributed by atoms with Crippen LogP contribution in [0.15, 0.2) is 70.6 Å². The van der Waals surface area contributed by atoms with E-state index in [2.05, 4.69) is 10.2 Å². The molecule has 0 spiro atoms. The summed E-state index contributed by atoms with van der Waals surface area (Å²) in [5.74, 6) is -0.00435. The first kappa shape index (κ1) is 17.2. The van der Waals surface area contributed by atoms with E-state index in [9.17, 15) is 9.59 Å². The van der Waals surface area contributed by atoms with Gasteiger partial charge in [-0.15, -0.1) is 5.10 Å². The minimum Gasteiger partial charge on any atom is -0.293 e. The number of ketones is 1. The Bertz CT molecular complexity index is 888. The van der Waals surface area contributed by atoms with Crippen molar-refractivity contribution in [2.24, 2.45) is 0 Å². The van der Waals surface area contributed by atoms with Crippen molar-refractivity contribution in [3.8, 4) is 0 Å². The second-order valence-electron chi connectivity index (χ2n) is 5.60. The van der Waals surface area contributed by atoms with E-state index in [4.69, 9.17) is 0 Å². The van der Waals surface area contributed by atoms with E-state index in [1.807, 2.05) is 67.6 Å². The molecule has 1 atom stereocenters. The number of aromatic amines is 1.